The van der Waals surface area contributed by atoms with E-state index in [-0.39, 0.29) is 5.91 Å². The Morgan fingerprint density at radius 2 is 1.96 bits per heavy atom. The standard InChI is InChI=1S/C19H21N3O2/c1-4-19(24,17-11-22(3)12-21-17)16-8-7-13-9-15(18(23)20-2)6-5-14(13)10-16/h5-12,24H,4H2,1-3H3,(H,20,23)/t19-/m0/s1. The molecule has 0 bridgehead atoms. The third-order valence-electron chi connectivity index (χ3n) is 4.45. The molecule has 0 aliphatic carbocycles. The Hall–Kier alpha value is -2.66. The van der Waals surface area contributed by atoms with Crippen molar-refractivity contribution in [2.75, 3.05) is 7.05 Å². The van der Waals surface area contributed by atoms with Gasteiger partial charge in [-0.3, -0.25) is 4.79 Å². The van der Waals surface area contributed by atoms with Crippen molar-refractivity contribution in [3.05, 3.63) is 65.7 Å². The van der Waals surface area contributed by atoms with Crippen LogP contribution in [0, 0.1) is 0 Å². The van der Waals surface area contributed by atoms with Crippen molar-refractivity contribution >= 4 is 16.7 Å². The summed E-state index contributed by atoms with van der Waals surface area (Å²) in [5, 5.41) is 15.7. The molecule has 1 atom stereocenters. The van der Waals surface area contributed by atoms with E-state index in [4.69, 9.17) is 0 Å². The van der Waals surface area contributed by atoms with Crippen molar-refractivity contribution in [2.24, 2.45) is 7.05 Å². The van der Waals surface area contributed by atoms with Gasteiger partial charge in [0.2, 0.25) is 0 Å². The van der Waals surface area contributed by atoms with E-state index in [1.54, 1.807) is 19.4 Å². The predicted molar refractivity (Wildman–Crippen MR) is 93.8 cm³/mol. The lowest BCUT2D eigenvalue weighted by molar-refractivity contribution is 0.0724. The Morgan fingerprint density at radius 3 is 2.58 bits per heavy atom. The number of aliphatic hydroxyl groups is 1. The first-order valence-corrected chi connectivity index (χ1v) is 7.95. The molecule has 24 heavy (non-hydrogen) atoms. The molecule has 124 valence electrons. The van der Waals surface area contributed by atoms with Gasteiger partial charge in [-0.25, -0.2) is 4.98 Å². The number of imidazole rings is 1. The lowest BCUT2D eigenvalue weighted by Gasteiger charge is -2.26. The number of nitrogens with one attached hydrogen (secondary N) is 1. The normalized spacial score (nSPS) is 13.7. The molecule has 1 amide bonds. The lowest BCUT2D eigenvalue weighted by Crippen LogP contribution is -2.26. The van der Waals surface area contributed by atoms with E-state index in [0.29, 0.717) is 17.7 Å². The summed E-state index contributed by atoms with van der Waals surface area (Å²) in [6, 6.07) is 11.3. The highest BCUT2D eigenvalue weighted by Crippen LogP contribution is 2.33. The second-order valence-electron chi connectivity index (χ2n) is 5.99. The van der Waals surface area contributed by atoms with Gasteiger partial charge in [-0.05, 0) is 41.0 Å². The summed E-state index contributed by atoms with van der Waals surface area (Å²) in [6.45, 7) is 1.94. The van der Waals surface area contributed by atoms with E-state index < -0.39 is 5.60 Å². The number of aryl methyl sites for hydroxylation is 1. The second-order valence-corrected chi connectivity index (χ2v) is 5.99. The smallest absolute Gasteiger partial charge is 0.251 e. The molecule has 0 spiro atoms. The number of carbonyl (C=O) groups is 1. The molecule has 3 aromatic rings. The van der Waals surface area contributed by atoms with Crippen LogP contribution in [0.4, 0.5) is 0 Å². The molecule has 5 heteroatoms. The van der Waals surface area contributed by atoms with Crippen LogP contribution in [0.5, 0.6) is 0 Å². The van der Waals surface area contributed by atoms with Gasteiger partial charge in [0.1, 0.15) is 5.60 Å². The van der Waals surface area contributed by atoms with Gasteiger partial charge in [0.15, 0.2) is 0 Å². The van der Waals surface area contributed by atoms with Crippen LogP contribution in [0.25, 0.3) is 10.8 Å². The Morgan fingerprint density at radius 1 is 1.25 bits per heavy atom. The molecule has 2 aromatic carbocycles. The van der Waals surface area contributed by atoms with Crippen molar-refractivity contribution in [3.63, 3.8) is 0 Å². The first kappa shape index (κ1) is 16.2. The maximum absolute atomic E-state index is 11.8. The van der Waals surface area contributed by atoms with Crippen molar-refractivity contribution in [1.82, 2.24) is 14.9 Å². The quantitative estimate of drug-likeness (QED) is 0.775. The number of carbonyl (C=O) groups excluding carboxylic acids is 1. The minimum absolute atomic E-state index is 0.112. The van der Waals surface area contributed by atoms with Gasteiger partial charge in [0, 0.05) is 25.9 Å². The highest BCUT2D eigenvalue weighted by Gasteiger charge is 2.32. The molecule has 1 heterocycles. The van der Waals surface area contributed by atoms with Crippen LogP contribution < -0.4 is 5.32 Å². The first-order valence-electron chi connectivity index (χ1n) is 7.95. The summed E-state index contributed by atoms with van der Waals surface area (Å²) in [4.78, 5) is 16.1. The molecule has 5 nitrogen and oxygen atoms in total. The summed E-state index contributed by atoms with van der Waals surface area (Å²) >= 11 is 0. The van der Waals surface area contributed by atoms with Gasteiger partial charge in [0.25, 0.3) is 5.91 Å². The molecule has 0 saturated heterocycles. The Bertz CT molecular complexity index is 901. The summed E-state index contributed by atoms with van der Waals surface area (Å²) in [5.41, 5.74) is 0.917. The van der Waals surface area contributed by atoms with Crippen LogP contribution in [0.15, 0.2) is 48.9 Å². The van der Waals surface area contributed by atoms with Crippen molar-refractivity contribution in [1.29, 1.82) is 0 Å². The molecule has 3 rings (SSSR count). The van der Waals surface area contributed by atoms with Crippen LogP contribution in [0.2, 0.25) is 0 Å². The number of aromatic nitrogens is 2. The largest absolute Gasteiger partial charge is 0.379 e. The molecule has 0 radical (unpaired) electrons. The van der Waals surface area contributed by atoms with Crippen LogP contribution in [0.3, 0.4) is 0 Å². The van der Waals surface area contributed by atoms with Crippen LogP contribution in [-0.2, 0) is 12.6 Å². The fourth-order valence-electron chi connectivity index (χ4n) is 2.95. The molecule has 0 aliphatic heterocycles. The monoisotopic (exact) mass is 323 g/mol. The van der Waals surface area contributed by atoms with Crippen LogP contribution in [0.1, 0.15) is 35.0 Å². The fraction of sp³-hybridized carbons (Fsp3) is 0.263. The van der Waals surface area contributed by atoms with E-state index in [2.05, 4.69) is 10.3 Å². The SMILES string of the molecule is CC[C@](O)(c1ccc2cc(C(=O)NC)ccc2c1)c1cn(C)cn1. The van der Waals surface area contributed by atoms with Gasteiger partial charge in [-0.1, -0.05) is 25.1 Å². The van der Waals surface area contributed by atoms with Crippen molar-refractivity contribution in [3.8, 4) is 0 Å². The van der Waals surface area contributed by atoms with Gasteiger partial charge >= 0.3 is 0 Å². The van der Waals surface area contributed by atoms with E-state index >= 15 is 0 Å². The van der Waals surface area contributed by atoms with Gasteiger partial charge < -0.3 is 15.0 Å². The summed E-state index contributed by atoms with van der Waals surface area (Å²) in [6.07, 6.45) is 4.04. The first-order chi connectivity index (χ1) is 11.5. The number of hydrogen-bond acceptors (Lipinski definition) is 3. The third kappa shape index (κ3) is 2.67. The molecule has 0 unspecified atom stereocenters. The number of hydrogen-bond donors (Lipinski definition) is 2. The second kappa shape index (κ2) is 6.09. The fourth-order valence-corrected chi connectivity index (χ4v) is 2.95. The number of fused-ring (bicyclic) bond motifs is 1. The average molecular weight is 323 g/mol. The third-order valence-corrected chi connectivity index (χ3v) is 4.45. The topological polar surface area (TPSA) is 67.2 Å². The number of rotatable bonds is 4. The molecule has 2 N–H and O–H groups in total. The summed E-state index contributed by atoms with van der Waals surface area (Å²) in [5.74, 6) is -0.112. The van der Waals surface area contributed by atoms with Crippen LogP contribution in [-0.4, -0.2) is 27.6 Å². The Kier molecular flexibility index (Phi) is 4.11. The molecular formula is C19H21N3O2. The van der Waals surface area contributed by atoms with Crippen molar-refractivity contribution < 1.29 is 9.90 Å². The van der Waals surface area contributed by atoms with E-state index in [9.17, 15) is 9.90 Å². The summed E-state index contributed by atoms with van der Waals surface area (Å²) in [7, 11) is 3.50. The molecule has 0 aliphatic rings. The minimum Gasteiger partial charge on any atom is -0.379 e. The molecule has 0 saturated carbocycles. The lowest BCUT2D eigenvalue weighted by atomic mass is 9.87. The zero-order valence-electron chi connectivity index (χ0n) is 14.1. The average Bonchev–Trinajstić information content (AvgIpc) is 3.06. The van der Waals surface area contributed by atoms with Crippen molar-refractivity contribution in [2.45, 2.75) is 18.9 Å². The Balaban J connectivity index is 2.08. The maximum atomic E-state index is 11.8. The van der Waals surface area contributed by atoms with E-state index in [1.807, 2.05) is 55.1 Å². The number of benzene rings is 2. The number of nitrogens with zero attached hydrogens (tertiary/aromatic N) is 2. The van der Waals surface area contributed by atoms with Gasteiger partial charge in [0.05, 0.1) is 12.0 Å². The van der Waals surface area contributed by atoms with Gasteiger partial charge in [-0.15, -0.1) is 0 Å². The van der Waals surface area contributed by atoms with Crippen LogP contribution >= 0.6 is 0 Å². The Labute approximate surface area is 141 Å². The predicted octanol–water partition coefficient (Wildman–Crippen LogP) is 2.58. The minimum atomic E-state index is -1.13. The van der Waals surface area contributed by atoms with Gasteiger partial charge in [-0.2, -0.15) is 0 Å². The highest BCUT2D eigenvalue weighted by molar-refractivity contribution is 5.98. The zero-order chi connectivity index (χ0) is 17.3. The number of amides is 1. The van der Waals surface area contributed by atoms with E-state index in [1.165, 1.54) is 0 Å². The maximum Gasteiger partial charge on any atom is 0.251 e. The highest BCUT2D eigenvalue weighted by atomic mass is 16.3. The molecule has 1 aromatic heterocycles. The summed E-state index contributed by atoms with van der Waals surface area (Å²) < 4.78 is 1.83. The molecular weight excluding hydrogens is 302 g/mol. The zero-order valence-corrected chi connectivity index (χ0v) is 14.1. The van der Waals surface area contributed by atoms with E-state index in [0.717, 1.165) is 16.3 Å². The molecule has 0 fully saturated rings.